The van der Waals surface area contributed by atoms with Crippen LogP contribution < -0.4 is 10.2 Å². The molecule has 0 heterocycles. The summed E-state index contributed by atoms with van der Waals surface area (Å²) in [5, 5.41) is 3.13. The Labute approximate surface area is 103 Å². The molecule has 0 saturated heterocycles. The van der Waals surface area contributed by atoms with Gasteiger partial charge in [0.05, 0.1) is 0 Å². The van der Waals surface area contributed by atoms with E-state index >= 15 is 0 Å². The summed E-state index contributed by atoms with van der Waals surface area (Å²) in [4.78, 5) is 2.20. The standard InChI is InChI=1S/C15H18N2/c1-12-6-4-5-7-15(12)17(3)14-10-8-13(16-2)9-11-14/h4-11,16H,1-3H3. The van der Waals surface area contributed by atoms with Gasteiger partial charge in [-0.25, -0.2) is 0 Å². The summed E-state index contributed by atoms with van der Waals surface area (Å²) < 4.78 is 0. The fraction of sp³-hybridized carbons (Fsp3) is 0.200. The molecule has 0 saturated carbocycles. The minimum atomic E-state index is 1.13. The van der Waals surface area contributed by atoms with Crippen LogP contribution in [0.1, 0.15) is 5.56 Å². The largest absolute Gasteiger partial charge is 0.388 e. The highest BCUT2D eigenvalue weighted by Gasteiger charge is 2.05. The first kappa shape index (κ1) is 11.5. The van der Waals surface area contributed by atoms with Gasteiger partial charge in [0.2, 0.25) is 0 Å². The summed E-state index contributed by atoms with van der Waals surface area (Å²) in [7, 11) is 4.02. The van der Waals surface area contributed by atoms with Crippen molar-refractivity contribution in [1.82, 2.24) is 0 Å². The Morgan fingerprint density at radius 1 is 0.941 bits per heavy atom. The maximum absolute atomic E-state index is 3.13. The molecule has 0 amide bonds. The number of hydrogen-bond acceptors (Lipinski definition) is 2. The maximum atomic E-state index is 3.13. The zero-order chi connectivity index (χ0) is 12.3. The van der Waals surface area contributed by atoms with Crippen LogP contribution in [0.4, 0.5) is 17.1 Å². The van der Waals surface area contributed by atoms with Gasteiger partial charge in [-0.2, -0.15) is 0 Å². The fourth-order valence-electron chi connectivity index (χ4n) is 1.93. The van der Waals surface area contributed by atoms with Crippen LogP contribution in [0.25, 0.3) is 0 Å². The molecule has 2 aromatic rings. The van der Waals surface area contributed by atoms with E-state index in [4.69, 9.17) is 0 Å². The van der Waals surface area contributed by atoms with Crippen molar-refractivity contribution in [3.63, 3.8) is 0 Å². The number of nitrogens with one attached hydrogen (secondary N) is 1. The molecule has 0 aliphatic carbocycles. The van der Waals surface area contributed by atoms with Crippen LogP contribution in [0.5, 0.6) is 0 Å². The Bertz CT molecular complexity index is 489. The molecule has 1 N–H and O–H groups in total. The molecule has 2 rings (SSSR count). The second-order valence-electron chi connectivity index (χ2n) is 4.14. The highest BCUT2D eigenvalue weighted by Crippen LogP contribution is 2.27. The minimum Gasteiger partial charge on any atom is -0.388 e. The predicted molar refractivity (Wildman–Crippen MR) is 75.2 cm³/mol. The lowest BCUT2D eigenvalue weighted by Gasteiger charge is -2.21. The molecule has 0 aliphatic rings. The number of para-hydroxylation sites is 1. The summed E-state index contributed by atoms with van der Waals surface area (Å²) in [6.07, 6.45) is 0. The van der Waals surface area contributed by atoms with E-state index in [2.05, 4.69) is 72.7 Å². The molecule has 0 spiro atoms. The van der Waals surface area contributed by atoms with E-state index in [1.165, 1.54) is 16.9 Å². The lowest BCUT2D eigenvalue weighted by molar-refractivity contribution is 1.18. The van der Waals surface area contributed by atoms with E-state index in [0.29, 0.717) is 0 Å². The molecule has 2 aromatic carbocycles. The van der Waals surface area contributed by atoms with Crippen molar-refractivity contribution < 1.29 is 0 Å². The highest BCUT2D eigenvalue weighted by atomic mass is 15.1. The monoisotopic (exact) mass is 226 g/mol. The lowest BCUT2D eigenvalue weighted by atomic mass is 10.1. The summed E-state index contributed by atoms with van der Waals surface area (Å²) in [5.74, 6) is 0. The molecule has 17 heavy (non-hydrogen) atoms. The zero-order valence-electron chi connectivity index (χ0n) is 10.6. The summed E-state index contributed by atoms with van der Waals surface area (Å²) in [6.45, 7) is 2.13. The smallest absolute Gasteiger partial charge is 0.0437 e. The van der Waals surface area contributed by atoms with Gasteiger partial charge >= 0.3 is 0 Å². The second-order valence-corrected chi connectivity index (χ2v) is 4.14. The van der Waals surface area contributed by atoms with E-state index < -0.39 is 0 Å². The van der Waals surface area contributed by atoms with Gasteiger partial charge in [0.1, 0.15) is 0 Å². The van der Waals surface area contributed by atoms with Crippen LogP contribution in [0, 0.1) is 6.92 Å². The first-order chi connectivity index (χ1) is 8.22. The van der Waals surface area contributed by atoms with Crippen molar-refractivity contribution >= 4 is 17.1 Å². The van der Waals surface area contributed by atoms with Crippen LogP contribution >= 0.6 is 0 Å². The third kappa shape index (κ3) is 2.41. The highest BCUT2D eigenvalue weighted by molar-refractivity contribution is 5.67. The van der Waals surface area contributed by atoms with Crippen LogP contribution in [-0.4, -0.2) is 14.1 Å². The Hall–Kier alpha value is -1.96. The van der Waals surface area contributed by atoms with Gasteiger partial charge in [-0.05, 0) is 42.8 Å². The third-order valence-electron chi connectivity index (χ3n) is 3.02. The average Bonchev–Trinajstić information content (AvgIpc) is 2.39. The SMILES string of the molecule is CNc1ccc(N(C)c2ccccc2C)cc1. The molecule has 0 unspecified atom stereocenters. The lowest BCUT2D eigenvalue weighted by Crippen LogP contribution is -2.10. The summed E-state index contributed by atoms with van der Waals surface area (Å²) in [6, 6.07) is 16.8. The first-order valence-electron chi connectivity index (χ1n) is 5.79. The van der Waals surface area contributed by atoms with E-state index in [-0.39, 0.29) is 0 Å². The van der Waals surface area contributed by atoms with Gasteiger partial charge in [-0.1, -0.05) is 18.2 Å². The Morgan fingerprint density at radius 3 is 2.18 bits per heavy atom. The van der Waals surface area contributed by atoms with Gasteiger partial charge in [-0.3, -0.25) is 0 Å². The summed E-state index contributed by atoms with van der Waals surface area (Å²) in [5.41, 5.74) is 4.85. The van der Waals surface area contributed by atoms with Crippen LogP contribution in [0.3, 0.4) is 0 Å². The number of aryl methyl sites for hydroxylation is 1. The van der Waals surface area contributed by atoms with Crippen molar-refractivity contribution in [3.8, 4) is 0 Å². The predicted octanol–water partition coefficient (Wildman–Crippen LogP) is 3.80. The van der Waals surface area contributed by atoms with Crippen molar-refractivity contribution in [2.24, 2.45) is 0 Å². The molecule has 0 radical (unpaired) electrons. The number of benzene rings is 2. The molecule has 0 aliphatic heterocycles. The molecular weight excluding hydrogens is 208 g/mol. The number of rotatable bonds is 3. The number of anilines is 3. The maximum Gasteiger partial charge on any atom is 0.0437 e. The molecule has 2 nitrogen and oxygen atoms in total. The molecule has 88 valence electrons. The van der Waals surface area contributed by atoms with Gasteiger partial charge < -0.3 is 10.2 Å². The Balaban J connectivity index is 2.30. The van der Waals surface area contributed by atoms with Crippen LogP contribution in [-0.2, 0) is 0 Å². The summed E-state index contributed by atoms with van der Waals surface area (Å²) >= 11 is 0. The van der Waals surface area contributed by atoms with Crippen molar-refractivity contribution in [1.29, 1.82) is 0 Å². The average molecular weight is 226 g/mol. The van der Waals surface area contributed by atoms with Crippen LogP contribution in [0.2, 0.25) is 0 Å². The van der Waals surface area contributed by atoms with E-state index in [1.54, 1.807) is 0 Å². The Kier molecular flexibility index (Phi) is 3.33. The number of nitrogens with zero attached hydrogens (tertiary/aromatic N) is 1. The molecular formula is C15H18N2. The third-order valence-corrected chi connectivity index (χ3v) is 3.02. The van der Waals surface area contributed by atoms with Gasteiger partial charge in [0, 0.05) is 31.2 Å². The second kappa shape index (κ2) is 4.91. The molecule has 2 heteroatoms. The number of hydrogen-bond donors (Lipinski definition) is 1. The van der Waals surface area contributed by atoms with Crippen LogP contribution in [0.15, 0.2) is 48.5 Å². The molecule has 0 fully saturated rings. The first-order valence-corrected chi connectivity index (χ1v) is 5.79. The normalized spacial score (nSPS) is 10.1. The van der Waals surface area contributed by atoms with Crippen molar-refractivity contribution in [2.45, 2.75) is 6.92 Å². The van der Waals surface area contributed by atoms with Gasteiger partial charge in [-0.15, -0.1) is 0 Å². The van der Waals surface area contributed by atoms with E-state index in [1.807, 2.05) is 7.05 Å². The van der Waals surface area contributed by atoms with Gasteiger partial charge in [0.25, 0.3) is 0 Å². The van der Waals surface area contributed by atoms with Crippen molar-refractivity contribution in [2.75, 3.05) is 24.3 Å². The minimum absolute atomic E-state index is 1.13. The fourth-order valence-corrected chi connectivity index (χ4v) is 1.93. The van der Waals surface area contributed by atoms with E-state index in [0.717, 1.165) is 5.69 Å². The van der Waals surface area contributed by atoms with Crippen molar-refractivity contribution in [3.05, 3.63) is 54.1 Å². The van der Waals surface area contributed by atoms with E-state index in [9.17, 15) is 0 Å². The van der Waals surface area contributed by atoms with Gasteiger partial charge in [0.15, 0.2) is 0 Å². The molecule has 0 aromatic heterocycles. The zero-order valence-corrected chi connectivity index (χ0v) is 10.6. The molecule has 0 bridgehead atoms. The Morgan fingerprint density at radius 2 is 1.59 bits per heavy atom. The quantitative estimate of drug-likeness (QED) is 0.856. The molecule has 0 atom stereocenters. The topological polar surface area (TPSA) is 15.3 Å².